The summed E-state index contributed by atoms with van der Waals surface area (Å²) in [5, 5.41) is 0. The average Bonchev–Trinajstić information content (AvgIpc) is 2.64. The van der Waals surface area contributed by atoms with Crippen molar-refractivity contribution in [2.75, 3.05) is 59.4 Å². The van der Waals surface area contributed by atoms with Crippen LogP contribution < -0.4 is 0 Å². The van der Waals surface area contributed by atoms with Crippen LogP contribution in [0.15, 0.2) is 0 Å². The molecule has 2 fully saturated rings. The molecule has 20 heavy (non-hydrogen) atoms. The standard InChI is InChI=1S/C17H35N3/c1-16(2)5-12-19-8-4-9-20(14-13-19)15-17-6-10-18(3)11-7-17/h16-17H,4-15H2,1-3H3. The van der Waals surface area contributed by atoms with Crippen molar-refractivity contribution >= 4 is 0 Å². The predicted molar refractivity (Wildman–Crippen MR) is 87.2 cm³/mol. The van der Waals surface area contributed by atoms with Crippen LogP contribution in [0.25, 0.3) is 0 Å². The van der Waals surface area contributed by atoms with E-state index in [2.05, 4.69) is 35.6 Å². The summed E-state index contributed by atoms with van der Waals surface area (Å²) in [6, 6.07) is 0. The van der Waals surface area contributed by atoms with E-state index in [1.165, 1.54) is 78.0 Å². The predicted octanol–water partition coefficient (Wildman–Crippen LogP) is 2.38. The summed E-state index contributed by atoms with van der Waals surface area (Å²) >= 11 is 0. The first-order valence-corrected chi connectivity index (χ1v) is 8.76. The van der Waals surface area contributed by atoms with E-state index >= 15 is 0 Å². The Morgan fingerprint density at radius 2 is 1.55 bits per heavy atom. The second-order valence-corrected chi connectivity index (χ2v) is 7.42. The van der Waals surface area contributed by atoms with E-state index in [0.717, 1.165) is 11.8 Å². The van der Waals surface area contributed by atoms with Gasteiger partial charge in [-0.05, 0) is 77.3 Å². The molecule has 0 spiro atoms. The van der Waals surface area contributed by atoms with Gasteiger partial charge < -0.3 is 14.7 Å². The maximum absolute atomic E-state index is 2.74. The van der Waals surface area contributed by atoms with Crippen molar-refractivity contribution in [3.8, 4) is 0 Å². The summed E-state index contributed by atoms with van der Waals surface area (Å²) in [6.45, 7) is 15.2. The second kappa shape index (κ2) is 8.35. The molecule has 2 aliphatic rings. The zero-order valence-corrected chi connectivity index (χ0v) is 14.0. The molecule has 0 N–H and O–H groups in total. The van der Waals surface area contributed by atoms with Gasteiger partial charge in [0.15, 0.2) is 0 Å². The van der Waals surface area contributed by atoms with E-state index < -0.39 is 0 Å². The Hall–Kier alpha value is -0.120. The van der Waals surface area contributed by atoms with Gasteiger partial charge in [-0.3, -0.25) is 0 Å². The third kappa shape index (κ3) is 5.71. The van der Waals surface area contributed by atoms with Crippen molar-refractivity contribution in [3.05, 3.63) is 0 Å². The normalized spacial score (nSPS) is 25.2. The number of rotatable bonds is 5. The maximum atomic E-state index is 2.74. The minimum absolute atomic E-state index is 0.841. The Morgan fingerprint density at radius 3 is 2.25 bits per heavy atom. The van der Waals surface area contributed by atoms with Gasteiger partial charge in [0.25, 0.3) is 0 Å². The van der Waals surface area contributed by atoms with Crippen LogP contribution in [0.5, 0.6) is 0 Å². The van der Waals surface area contributed by atoms with E-state index in [4.69, 9.17) is 0 Å². The van der Waals surface area contributed by atoms with E-state index in [1.807, 2.05) is 0 Å². The summed E-state index contributed by atoms with van der Waals surface area (Å²) in [6.07, 6.45) is 5.54. The monoisotopic (exact) mass is 281 g/mol. The van der Waals surface area contributed by atoms with Gasteiger partial charge >= 0.3 is 0 Å². The van der Waals surface area contributed by atoms with Crippen molar-refractivity contribution in [3.63, 3.8) is 0 Å². The third-order valence-corrected chi connectivity index (χ3v) is 5.06. The summed E-state index contributed by atoms with van der Waals surface area (Å²) in [4.78, 5) is 7.91. The lowest BCUT2D eigenvalue weighted by molar-refractivity contribution is 0.161. The highest BCUT2D eigenvalue weighted by atomic mass is 15.2. The van der Waals surface area contributed by atoms with Crippen LogP contribution in [-0.2, 0) is 0 Å². The zero-order chi connectivity index (χ0) is 14.4. The summed E-state index contributed by atoms with van der Waals surface area (Å²) < 4.78 is 0. The molecule has 3 heteroatoms. The summed E-state index contributed by atoms with van der Waals surface area (Å²) in [5.41, 5.74) is 0. The molecule has 0 amide bonds. The van der Waals surface area contributed by atoms with Crippen molar-refractivity contribution in [2.45, 2.75) is 39.5 Å². The Bertz CT molecular complexity index is 259. The van der Waals surface area contributed by atoms with Crippen molar-refractivity contribution < 1.29 is 0 Å². The molecule has 0 radical (unpaired) electrons. The Morgan fingerprint density at radius 1 is 0.900 bits per heavy atom. The highest BCUT2D eigenvalue weighted by molar-refractivity contribution is 4.76. The fourth-order valence-electron chi connectivity index (χ4n) is 3.48. The molecule has 0 aromatic rings. The van der Waals surface area contributed by atoms with E-state index in [9.17, 15) is 0 Å². The molecule has 3 nitrogen and oxygen atoms in total. The zero-order valence-electron chi connectivity index (χ0n) is 14.0. The minimum atomic E-state index is 0.841. The van der Waals surface area contributed by atoms with Crippen LogP contribution in [0.2, 0.25) is 0 Å². The van der Waals surface area contributed by atoms with E-state index in [0.29, 0.717) is 0 Å². The number of likely N-dealkylation sites (tertiary alicyclic amines) is 1. The van der Waals surface area contributed by atoms with Gasteiger partial charge in [0, 0.05) is 19.6 Å². The van der Waals surface area contributed by atoms with Gasteiger partial charge in [0.2, 0.25) is 0 Å². The maximum Gasteiger partial charge on any atom is 0.0109 e. The number of piperidine rings is 1. The van der Waals surface area contributed by atoms with Gasteiger partial charge in [0.05, 0.1) is 0 Å². The van der Waals surface area contributed by atoms with E-state index in [-0.39, 0.29) is 0 Å². The van der Waals surface area contributed by atoms with Crippen molar-refractivity contribution in [2.24, 2.45) is 11.8 Å². The van der Waals surface area contributed by atoms with Crippen LogP contribution in [-0.4, -0.2) is 74.1 Å². The Kier molecular flexibility index (Phi) is 6.79. The topological polar surface area (TPSA) is 9.72 Å². The quantitative estimate of drug-likeness (QED) is 0.766. The van der Waals surface area contributed by atoms with E-state index in [1.54, 1.807) is 0 Å². The molecule has 0 bridgehead atoms. The smallest absolute Gasteiger partial charge is 0.0109 e. The van der Waals surface area contributed by atoms with Crippen molar-refractivity contribution in [1.82, 2.24) is 14.7 Å². The molecule has 2 heterocycles. The summed E-state index contributed by atoms with van der Waals surface area (Å²) in [5.74, 6) is 1.79. The van der Waals surface area contributed by atoms with Crippen LogP contribution in [0, 0.1) is 11.8 Å². The first kappa shape index (κ1) is 16.3. The molecule has 0 aromatic heterocycles. The van der Waals surface area contributed by atoms with Crippen molar-refractivity contribution in [1.29, 1.82) is 0 Å². The Labute approximate surface area is 126 Å². The number of hydrogen-bond donors (Lipinski definition) is 0. The number of hydrogen-bond acceptors (Lipinski definition) is 3. The van der Waals surface area contributed by atoms with Gasteiger partial charge in [-0.1, -0.05) is 13.8 Å². The molecule has 118 valence electrons. The first-order valence-electron chi connectivity index (χ1n) is 8.76. The highest BCUT2D eigenvalue weighted by Gasteiger charge is 2.21. The van der Waals surface area contributed by atoms with Crippen LogP contribution in [0.1, 0.15) is 39.5 Å². The molecule has 0 atom stereocenters. The molecular weight excluding hydrogens is 246 g/mol. The van der Waals surface area contributed by atoms with Gasteiger partial charge in [0.1, 0.15) is 0 Å². The first-order chi connectivity index (χ1) is 9.63. The molecular formula is C17H35N3. The van der Waals surface area contributed by atoms with Crippen LogP contribution in [0.4, 0.5) is 0 Å². The molecule has 0 aromatic carbocycles. The van der Waals surface area contributed by atoms with Crippen LogP contribution >= 0.6 is 0 Å². The Balaban J connectivity index is 1.67. The second-order valence-electron chi connectivity index (χ2n) is 7.42. The highest BCUT2D eigenvalue weighted by Crippen LogP contribution is 2.18. The fraction of sp³-hybridized carbons (Fsp3) is 1.00. The largest absolute Gasteiger partial charge is 0.306 e. The number of nitrogens with zero attached hydrogens (tertiary/aromatic N) is 3. The summed E-state index contributed by atoms with van der Waals surface area (Å²) in [7, 11) is 2.26. The molecule has 0 unspecified atom stereocenters. The molecule has 0 saturated carbocycles. The molecule has 2 aliphatic heterocycles. The van der Waals surface area contributed by atoms with Gasteiger partial charge in [-0.15, -0.1) is 0 Å². The average molecular weight is 281 g/mol. The lowest BCUT2D eigenvalue weighted by Crippen LogP contribution is -2.38. The molecule has 0 aliphatic carbocycles. The fourth-order valence-corrected chi connectivity index (χ4v) is 3.48. The van der Waals surface area contributed by atoms with Gasteiger partial charge in [-0.2, -0.15) is 0 Å². The SMILES string of the molecule is CC(C)CCN1CCCN(CC2CCN(C)CC2)CC1. The van der Waals surface area contributed by atoms with Gasteiger partial charge in [-0.25, -0.2) is 0 Å². The lowest BCUT2D eigenvalue weighted by atomic mass is 9.96. The van der Waals surface area contributed by atoms with Crippen LogP contribution in [0.3, 0.4) is 0 Å². The molecule has 2 rings (SSSR count). The third-order valence-electron chi connectivity index (χ3n) is 5.06. The minimum Gasteiger partial charge on any atom is -0.306 e. The molecule has 2 saturated heterocycles. The lowest BCUT2D eigenvalue weighted by Gasteiger charge is -2.32.